The molecule has 0 saturated carbocycles. The molecule has 0 bridgehead atoms. The number of methoxy groups -OCH3 is 1. The molecule has 4 N–H and O–H groups in total. The van der Waals surface area contributed by atoms with Gasteiger partial charge in [0.15, 0.2) is 6.23 Å². The van der Waals surface area contributed by atoms with Crippen LogP contribution in [0.25, 0.3) is 0 Å². The van der Waals surface area contributed by atoms with Crippen LogP contribution in [0.1, 0.15) is 16.8 Å². The monoisotopic (exact) mass is 258 g/mol. The molecule has 1 saturated heterocycles. The van der Waals surface area contributed by atoms with E-state index < -0.39 is 30.4 Å². The number of primary amides is 1. The van der Waals surface area contributed by atoms with Gasteiger partial charge in [0.05, 0.1) is 6.61 Å². The lowest BCUT2D eigenvalue weighted by Gasteiger charge is -2.18. The van der Waals surface area contributed by atoms with Crippen LogP contribution >= 0.6 is 0 Å². The summed E-state index contributed by atoms with van der Waals surface area (Å²) < 4.78 is 11.7. The number of hydrogen-bond donors (Lipinski definition) is 3. The van der Waals surface area contributed by atoms with Crippen LogP contribution < -0.4 is 5.73 Å². The van der Waals surface area contributed by atoms with E-state index in [1.54, 1.807) is 0 Å². The van der Waals surface area contributed by atoms with Gasteiger partial charge in [-0.05, 0) is 0 Å². The molecule has 1 aromatic rings. The molecule has 9 nitrogen and oxygen atoms in total. The topological polar surface area (TPSA) is 133 Å². The maximum atomic E-state index is 10.9. The summed E-state index contributed by atoms with van der Waals surface area (Å²) in [5.74, 6) is -0.921. The first-order valence-corrected chi connectivity index (χ1v) is 5.26. The average Bonchev–Trinajstić information content (AvgIpc) is 2.93. The van der Waals surface area contributed by atoms with E-state index in [4.69, 9.17) is 20.3 Å². The van der Waals surface area contributed by atoms with Gasteiger partial charge in [-0.1, -0.05) is 0 Å². The van der Waals surface area contributed by atoms with Crippen LogP contribution in [0.5, 0.6) is 0 Å². The second-order valence-corrected chi connectivity index (χ2v) is 3.85. The lowest BCUT2D eigenvalue weighted by molar-refractivity contribution is -0.0666. The summed E-state index contributed by atoms with van der Waals surface area (Å²) in [6.07, 6.45) is -2.01. The fourth-order valence-electron chi connectivity index (χ4n) is 1.85. The minimum atomic E-state index is -0.994. The van der Waals surface area contributed by atoms with Gasteiger partial charge in [-0.15, -0.1) is 5.10 Å². The molecule has 100 valence electrons. The van der Waals surface area contributed by atoms with Gasteiger partial charge in [-0.2, -0.15) is 0 Å². The van der Waals surface area contributed by atoms with Crippen LogP contribution in [-0.4, -0.2) is 62.9 Å². The molecule has 2 heterocycles. The van der Waals surface area contributed by atoms with Crippen molar-refractivity contribution in [3.05, 3.63) is 12.2 Å². The third-order valence-electron chi connectivity index (χ3n) is 2.75. The molecular weight excluding hydrogens is 244 g/mol. The van der Waals surface area contributed by atoms with Crippen molar-refractivity contribution in [2.75, 3.05) is 13.7 Å². The van der Waals surface area contributed by atoms with Crippen LogP contribution in [0.3, 0.4) is 0 Å². The van der Waals surface area contributed by atoms with Crippen LogP contribution in [0.2, 0.25) is 0 Å². The third kappa shape index (κ3) is 2.08. The molecular formula is C9H14N4O5. The maximum Gasteiger partial charge on any atom is 0.288 e. The first-order chi connectivity index (χ1) is 8.58. The standard InChI is InChI=1S/C9H14N4O5/c1-17-6-5(15)4(2-14)18-9(6)13-3-11-8(12-13)7(10)16/h3-6,9,14-15H,2H2,1H3,(H2,10,16)/t4-,5?,6?,9-/m1/s1. The normalized spacial score (nSPS) is 31.7. The molecule has 2 unspecified atom stereocenters. The lowest BCUT2D eigenvalue weighted by Crippen LogP contribution is -2.34. The molecule has 9 heteroatoms. The zero-order chi connectivity index (χ0) is 13.3. The summed E-state index contributed by atoms with van der Waals surface area (Å²) >= 11 is 0. The Balaban J connectivity index is 2.23. The summed E-state index contributed by atoms with van der Waals surface area (Å²) in [7, 11) is 1.40. The first-order valence-electron chi connectivity index (χ1n) is 5.26. The number of aromatic nitrogens is 3. The highest BCUT2D eigenvalue weighted by atomic mass is 16.6. The number of carbonyl (C=O) groups excluding carboxylic acids is 1. The molecule has 18 heavy (non-hydrogen) atoms. The molecule has 1 fully saturated rings. The number of aliphatic hydroxyl groups is 2. The molecule has 0 spiro atoms. The van der Waals surface area contributed by atoms with Gasteiger partial charge in [0, 0.05) is 7.11 Å². The Morgan fingerprint density at radius 3 is 2.94 bits per heavy atom. The van der Waals surface area contributed by atoms with Gasteiger partial charge < -0.3 is 25.4 Å². The number of hydrogen-bond acceptors (Lipinski definition) is 7. The smallest absolute Gasteiger partial charge is 0.288 e. The average molecular weight is 258 g/mol. The zero-order valence-electron chi connectivity index (χ0n) is 9.63. The van der Waals surface area contributed by atoms with Gasteiger partial charge in [-0.25, -0.2) is 9.67 Å². The van der Waals surface area contributed by atoms with Crippen molar-refractivity contribution in [3.63, 3.8) is 0 Å². The Bertz CT molecular complexity index is 436. The highest BCUT2D eigenvalue weighted by Crippen LogP contribution is 2.30. The van der Waals surface area contributed by atoms with Crippen molar-refractivity contribution in [2.45, 2.75) is 24.5 Å². The van der Waals surface area contributed by atoms with E-state index in [1.807, 2.05) is 0 Å². The molecule has 1 aromatic heterocycles. The van der Waals surface area contributed by atoms with Crippen LogP contribution in [0, 0.1) is 0 Å². The number of amides is 1. The quantitative estimate of drug-likeness (QED) is 0.550. The Kier molecular flexibility index (Phi) is 3.57. The maximum absolute atomic E-state index is 10.9. The SMILES string of the molecule is COC1C(O)[C@@H](CO)O[C@H]1n1cnc(C(N)=O)n1. The number of rotatable bonds is 4. The molecule has 0 aliphatic carbocycles. The van der Waals surface area contributed by atoms with Crippen molar-refractivity contribution in [2.24, 2.45) is 5.73 Å². The molecule has 1 aliphatic heterocycles. The number of aliphatic hydroxyl groups excluding tert-OH is 2. The van der Waals surface area contributed by atoms with E-state index in [0.29, 0.717) is 0 Å². The van der Waals surface area contributed by atoms with Crippen LogP contribution in [0.15, 0.2) is 6.33 Å². The predicted octanol–water partition coefficient (Wildman–Crippen LogP) is -2.36. The Hall–Kier alpha value is -1.55. The summed E-state index contributed by atoms with van der Waals surface area (Å²) in [5.41, 5.74) is 5.03. The van der Waals surface area contributed by atoms with Gasteiger partial charge in [-0.3, -0.25) is 4.79 Å². The van der Waals surface area contributed by atoms with Crippen LogP contribution in [-0.2, 0) is 9.47 Å². The minimum Gasteiger partial charge on any atom is -0.394 e. The van der Waals surface area contributed by atoms with E-state index >= 15 is 0 Å². The van der Waals surface area contributed by atoms with Crippen molar-refractivity contribution in [1.82, 2.24) is 14.8 Å². The van der Waals surface area contributed by atoms with E-state index in [0.717, 1.165) is 0 Å². The van der Waals surface area contributed by atoms with Crippen molar-refractivity contribution >= 4 is 5.91 Å². The van der Waals surface area contributed by atoms with Crippen LogP contribution in [0.4, 0.5) is 0 Å². The third-order valence-corrected chi connectivity index (χ3v) is 2.75. The molecule has 4 atom stereocenters. The largest absolute Gasteiger partial charge is 0.394 e. The summed E-state index contributed by atoms with van der Waals surface area (Å²) in [5, 5.41) is 22.7. The zero-order valence-corrected chi connectivity index (χ0v) is 9.63. The molecule has 1 aliphatic rings. The number of ether oxygens (including phenoxy) is 2. The van der Waals surface area contributed by atoms with Gasteiger partial charge >= 0.3 is 0 Å². The fraction of sp³-hybridized carbons (Fsp3) is 0.667. The predicted molar refractivity (Wildman–Crippen MR) is 56.3 cm³/mol. The van der Waals surface area contributed by atoms with Crippen molar-refractivity contribution < 1.29 is 24.5 Å². The van der Waals surface area contributed by atoms with E-state index in [2.05, 4.69) is 10.1 Å². The molecule has 2 rings (SSSR count). The fourth-order valence-corrected chi connectivity index (χ4v) is 1.85. The minimum absolute atomic E-state index is 0.157. The number of nitrogens with two attached hydrogens (primary N) is 1. The van der Waals surface area contributed by atoms with Gasteiger partial charge in [0.1, 0.15) is 24.6 Å². The second kappa shape index (κ2) is 4.98. The molecule has 0 aromatic carbocycles. The Morgan fingerprint density at radius 1 is 1.72 bits per heavy atom. The summed E-state index contributed by atoms with van der Waals surface area (Å²) in [6.45, 7) is -0.352. The highest BCUT2D eigenvalue weighted by molar-refractivity contribution is 5.88. The van der Waals surface area contributed by atoms with E-state index in [1.165, 1.54) is 18.1 Å². The second-order valence-electron chi connectivity index (χ2n) is 3.85. The highest BCUT2D eigenvalue weighted by Gasteiger charge is 2.45. The summed E-state index contributed by atoms with van der Waals surface area (Å²) in [6, 6.07) is 0. The summed E-state index contributed by atoms with van der Waals surface area (Å²) in [4.78, 5) is 14.6. The molecule has 0 radical (unpaired) electrons. The van der Waals surface area contributed by atoms with E-state index in [-0.39, 0.29) is 12.4 Å². The van der Waals surface area contributed by atoms with Crippen molar-refractivity contribution in [3.8, 4) is 0 Å². The lowest BCUT2D eigenvalue weighted by atomic mass is 10.1. The number of nitrogens with zero attached hydrogens (tertiary/aromatic N) is 3. The number of carbonyl (C=O) groups is 1. The van der Waals surface area contributed by atoms with Gasteiger partial charge in [0.25, 0.3) is 5.91 Å². The Morgan fingerprint density at radius 2 is 2.44 bits per heavy atom. The molecule has 1 amide bonds. The van der Waals surface area contributed by atoms with Crippen molar-refractivity contribution in [1.29, 1.82) is 0 Å². The van der Waals surface area contributed by atoms with E-state index in [9.17, 15) is 9.90 Å². The first kappa shape index (κ1) is 12.9. The van der Waals surface area contributed by atoms with Gasteiger partial charge in [0.2, 0.25) is 5.82 Å². The Labute approximate surface area is 102 Å².